The Morgan fingerprint density at radius 2 is 2.05 bits per heavy atom. The summed E-state index contributed by atoms with van der Waals surface area (Å²) in [5.74, 6) is 0.214. The second-order valence-electron chi connectivity index (χ2n) is 5.35. The molecule has 1 fully saturated rings. The van der Waals surface area contributed by atoms with Crippen molar-refractivity contribution in [3.8, 4) is 5.75 Å². The Morgan fingerprint density at radius 3 is 2.79 bits per heavy atom. The van der Waals surface area contributed by atoms with Crippen LogP contribution < -0.4 is 4.74 Å². The van der Waals surface area contributed by atoms with Crippen LogP contribution >= 0.6 is 11.6 Å². The summed E-state index contributed by atoms with van der Waals surface area (Å²) in [6.45, 7) is 0.104. The maximum atomic E-state index is 9.25. The Kier molecular flexibility index (Phi) is 3.70. The van der Waals surface area contributed by atoms with Crippen LogP contribution in [0.25, 0.3) is 0 Å². The van der Waals surface area contributed by atoms with E-state index in [9.17, 15) is 5.11 Å². The van der Waals surface area contributed by atoms with E-state index >= 15 is 0 Å². The van der Waals surface area contributed by atoms with Gasteiger partial charge < -0.3 is 14.6 Å². The van der Waals surface area contributed by atoms with Crippen LogP contribution in [-0.2, 0) is 4.74 Å². The summed E-state index contributed by atoms with van der Waals surface area (Å²) in [6.07, 6.45) is 5.73. The second kappa shape index (κ2) is 5.31. The minimum absolute atomic E-state index is 0.104. The number of aliphatic hydroxyl groups excluding tert-OH is 1. The molecule has 0 bridgehead atoms. The Morgan fingerprint density at radius 1 is 1.26 bits per heavy atom. The van der Waals surface area contributed by atoms with Crippen LogP contribution in [0.1, 0.15) is 50.2 Å². The van der Waals surface area contributed by atoms with Gasteiger partial charge in [-0.15, -0.1) is 0 Å². The van der Waals surface area contributed by atoms with Crippen molar-refractivity contribution >= 4 is 11.6 Å². The molecular formula is C15H19ClO3. The fourth-order valence-electron chi connectivity index (χ4n) is 3.06. The number of rotatable bonds is 2. The zero-order chi connectivity index (χ0) is 13.3. The first kappa shape index (κ1) is 13.2. The second-order valence-corrected chi connectivity index (χ2v) is 5.76. The van der Waals surface area contributed by atoms with Gasteiger partial charge in [0.1, 0.15) is 5.75 Å². The van der Waals surface area contributed by atoms with E-state index in [2.05, 4.69) is 0 Å². The third-order valence-electron chi connectivity index (χ3n) is 4.00. The van der Waals surface area contributed by atoms with E-state index in [-0.39, 0.29) is 12.7 Å². The molecule has 0 amide bonds. The highest BCUT2D eigenvalue weighted by molar-refractivity contribution is 6.32. The summed E-state index contributed by atoms with van der Waals surface area (Å²) in [5, 5.41) is 9.88. The van der Waals surface area contributed by atoms with E-state index in [1.807, 2.05) is 18.2 Å². The molecular weight excluding hydrogens is 264 g/mol. The van der Waals surface area contributed by atoms with Crippen molar-refractivity contribution in [2.24, 2.45) is 0 Å². The van der Waals surface area contributed by atoms with Crippen LogP contribution in [0.15, 0.2) is 18.2 Å². The van der Waals surface area contributed by atoms with Crippen LogP contribution in [0.4, 0.5) is 0 Å². The van der Waals surface area contributed by atoms with Gasteiger partial charge in [0.15, 0.2) is 0 Å². The first-order valence-corrected chi connectivity index (χ1v) is 7.38. The molecule has 3 nitrogen and oxygen atoms in total. The quantitative estimate of drug-likeness (QED) is 0.896. The van der Waals surface area contributed by atoms with Gasteiger partial charge in [0.2, 0.25) is 5.79 Å². The van der Waals surface area contributed by atoms with Gasteiger partial charge in [-0.1, -0.05) is 30.2 Å². The fraction of sp³-hybridized carbons (Fsp3) is 0.600. The predicted octanol–water partition coefficient (Wildman–Crippen LogP) is 3.83. The van der Waals surface area contributed by atoms with Crippen LogP contribution in [0.2, 0.25) is 5.02 Å². The molecule has 0 aromatic heterocycles. The third kappa shape index (κ3) is 2.47. The number of hydrogen-bond acceptors (Lipinski definition) is 3. The SMILES string of the molecule is OCCC1OC2(CCCCC2)Oc2c(Cl)cccc21. The lowest BCUT2D eigenvalue weighted by Gasteiger charge is -2.44. The smallest absolute Gasteiger partial charge is 0.211 e. The lowest BCUT2D eigenvalue weighted by atomic mass is 9.91. The largest absolute Gasteiger partial charge is 0.460 e. The summed E-state index contributed by atoms with van der Waals surface area (Å²) >= 11 is 6.27. The average molecular weight is 283 g/mol. The van der Waals surface area contributed by atoms with Crippen molar-refractivity contribution in [2.75, 3.05) is 6.61 Å². The molecule has 3 rings (SSSR count). The molecule has 1 aliphatic carbocycles. The zero-order valence-electron chi connectivity index (χ0n) is 10.9. The van der Waals surface area contributed by atoms with Crippen molar-refractivity contribution in [1.82, 2.24) is 0 Å². The minimum Gasteiger partial charge on any atom is -0.460 e. The Labute approximate surface area is 118 Å². The number of halogens is 1. The molecule has 1 saturated carbocycles. The first-order valence-electron chi connectivity index (χ1n) is 7.00. The number of fused-ring (bicyclic) bond motifs is 1. The molecule has 0 saturated heterocycles. The molecule has 104 valence electrons. The normalized spacial score (nSPS) is 24.8. The van der Waals surface area contributed by atoms with Crippen LogP contribution in [0, 0.1) is 0 Å². The topological polar surface area (TPSA) is 38.7 Å². The summed E-state index contributed by atoms with van der Waals surface area (Å²) in [6, 6.07) is 5.71. The number of benzene rings is 1. The molecule has 1 unspecified atom stereocenters. The molecule has 1 aromatic rings. The Hall–Kier alpha value is -0.770. The highest BCUT2D eigenvalue weighted by atomic mass is 35.5. The van der Waals surface area contributed by atoms with Gasteiger partial charge in [0.05, 0.1) is 11.1 Å². The first-order chi connectivity index (χ1) is 9.24. The maximum absolute atomic E-state index is 9.25. The van der Waals surface area contributed by atoms with Gasteiger partial charge in [-0.2, -0.15) is 0 Å². The van der Waals surface area contributed by atoms with Gasteiger partial charge in [-0.25, -0.2) is 0 Å². The molecule has 1 heterocycles. The summed E-state index contributed by atoms with van der Waals surface area (Å²) in [4.78, 5) is 0. The number of para-hydroxylation sites is 1. The molecule has 1 spiro atoms. The monoisotopic (exact) mass is 282 g/mol. The van der Waals surface area contributed by atoms with Gasteiger partial charge >= 0.3 is 0 Å². The van der Waals surface area contributed by atoms with E-state index in [1.54, 1.807) is 0 Å². The van der Waals surface area contributed by atoms with Crippen molar-refractivity contribution in [2.45, 2.75) is 50.4 Å². The molecule has 1 N–H and O–H groups in total. The molecule has 19 heavy (non-hydrogen) atoms. The third-order valence-corrected chi connectivity index (χ3v) is 4.29. The minimum atomic E-state index is -0.532. The van der Waals surface area contributed by atoms with Gasteiger partial charge in [0.25, 0.3) is 0 Å². The van der Waals surface area contributed by atoms with Crippen LogP contribution in [-0.4, -0.2) is 17.5 Å². The molecule has 1 aliphatic heterocycles. The fourth-order valence-corrected chi connectivity index (χ4v) is 3.28. The number of ether oxygens (including phenoxy) is 2. The van der Waals surface area contributed by atoms with Crippen molar-refractivity contribution in [3.63, 3.8) is 0 Å². The number of aliphatic hydroxyl groups is 1. The van der Waals surface area contributed by atoms with Crippen molar-refractivity contribution in [1.29, 1.82) is 0 Å². The summed E-state index contributed by atoms with van der Waals surface area (Å²) < 4.78 is 12.3. The summed E-state index contributed by atoms with van der Waals surface area (Å²) in [7, 11) is 0. The zero-order valence-corrected chi connectivity index (χ0v) is 11.7. The van der Waals surface area contributed by atoms with E-state index in [0.29, 0.717) is 11.4 Å². The Bertz CT molecular complexity index is 455. The van der Waals surface area contributed by atoms with Gasteiger partial charge in [-0.3, -0.25) is 0 Å². The van der Waals surface area contributed by atoms with Crippen molar-refractivity contribution < 1.29 is 14.6 Å². The van der Waals surface area contributed by atoms with E-state index in [4.69, 9.17) is 21.1 Å². The van der Waals surface area contributed by atoms with Gasteiger partial charge in [-0.05, 0) is 18.9 Å². The maximum Gasteiger partial charge on any atom is 0.211 e. The van der Waals surface area contributed by atoms with E-state index < -0.39 is 5.79 Å². The number of hydrogen-bond donors (Lipinski definition) is 1. The van der Waals surface area contributed by atoms with Crippen LogP contribution in [0.3, 0.4) is 0 Å². The van der Waals surface area contributed by atoms with Crippen LogP contribution in [0.5, 0.6) is 5.75 Å². The van der Waals surface area contributed by atoms with E-state index in [0.717, 1.165) is 37.0 Å². The van der Waals surface area contributed by atoms with E-state index in [1.165, 1.54) is 6.42 Å². The lowest BCUT2D eigenvalue weighted by molar-refractivity contribution is -0.246. The molecule has 2 aliphatic rings. The van der Waals surface area contributed by atoms with Crippen molar-refractivity contribution in [3.05, 3.63) is 28.8 Å². The summed E-state index contributed by atoms with van der Waals surface area (Å²) in [5.41, 5.74) is 0.956. The molecule has 4 heteroatoms. The average Bonchev–Trinajstić information content (AvgIpc) is 2.41. The lowest BCUT2D eigenvalue weighted by Crippen LogP contribution is -2.45. The Balaban J connectivity index is 1.97. The highest BCUT2D eigenvalue weighted by Gasteiger charge is 2.43. The molecule has 1 aromatic carbocycles. The molecule has 0 radical (unpaired) electrons. The predicted molar refractivity (Wildman–Crippen MR) is 73.4 cm³/mol. The van der Waals surface area contributed by atoms with Gasteiger partial charge in [0, 0.05) is 31.4 Å². The highest BCUT2D eigenvalue weighted by Crippen LogP contribution is 2.48. The standard InChI is InChI=1S/C15H19ClO3/c16-12-6-4-5-11-13(7-10-17)18-15(19-14(11)12)8-2-1-3-9-15/h4-6,13,17H,1-3,7-10H2. The molecule has 1 atom stereocenters.